The third-order valence-corrected chi connectivity index (χ3v) is 3.13. The van der Waals surface area contributed by atoms with Crippen molar-refractivity contribution < 1.29 is 19.0 Å². The highest BCUT2D eigenvalue weighted by Gasteiger charge is 2.27. The Hall–Kier alpha value is -1.62. The van der Waals surface area contributed by atoms with Gasteiger partial charge in [0, 0.05) is 29.8 Å². The summed E-state index contributed by atoms with van der Waals surface area (Å²) in [5, 5.41) is 12.6. The standard InChI is InChI=1S/C13H16FNO3/c1-7(16)15-10-6-9(14)13(18-2)8-4-3-5-11(17)12(8)10/h6,11,17H,3-5H2,1-2H3,(H,15,16). The Labute approximate surface area is 105 Å². The molecule has 2 N–H and O–H groups in total. The maximum atomic E-state index is 13.9. The molecule has 98 valence electrons. The SMILES string of the molecule is COc1c(F)cc(NC(C)=O)c2c1CCCC2O. The number of ether oxygens (including phenoxy) is 1. The Morgan fingerprint density at radius 3 is 2.94 bits per heavy atom. The Kier molecular flexibility index (Phi) is 3.52. The van der Waals surface area contributed by atoms with Crippen molar-refractivity contribution in [1.29, 1.82) is 0 Å². The highest BCUT2D eigenvalue weighted by atomic mass is 19.1. The number of hydrogen-bond acceptors (Lipinski definition) is 3. The highest BCUT2D eigenvalue weighted by Crippen LogP contribution is 2.41. The van der Waals surface area contributed by atoms with E-state index in [1.807, 2.05) is 0 Å². The molecule has 0 radical (unpaired) electrons. The lowest BCUT2D eigenvalue weighted by Gasteiger charge is -2.26. The summed E-state index contributed by atoms with van der Waals surface area (Å²) in [7, 11) is 1.40. The first kappa shape index (κ1) is 12.8. The molecule has 18 heavy (non-hydrogen) atoms. The summed E-state index contributed by atoms with van der Waals surface area (Å²) >= 11 is 0. The van der Waals surface area contributed by atoms with Gasteiger partial charge in [0.25, 0.3) is 0 Å². The molecule has 0 heterocycles. The molecule has 4 nitrogen and oxygen atoms in total. The minimum Gasteiger partial charge on any atom is -0.493 e. The van der Waals surface area contributed by atoms with Crippen LogP contribution in [0, 0.1) is 5.82 Å². The smallest absolute Gasteiger partial charge is 0.221 e. The fraction of sp³-hybridized carbons (Fsp3) is 0.462. The molecule has 0 aromatic heterocycles. The van der Waals surface area contributed by atoms with Crippen LogP contribution in [0.4, 0.5) is 10.1 Å². The number of rotatable bonds is 2. The first-order valence-corrected chi connectivity index (χ1v) is 5.89. The molecular weight excluding hydrogens is 237 g/mol. The third kappa shape index (κ3) is 2.18. The van der Waals surface area contributed by atoms with E-state index < -0.39 is 11.9 Å². The average molecular weight is 253 g/mol. The summed E-state index contributed by atoms with van der Waals surface area (Å²) in [6.45, 7) is 1.35. The van der Waals surface area contributed by atoms with Gasteiger partial charge in [0.05, 0.1) is 13.2 Å². The fourth-order valence-corrected chi connectivity index (χ4v) is 2.46. The summed E-state index contributed by atoms with van der Waals surface area (Å²) in [6.07, 6.45) is 1.33. The van der Waals surface area contributed by atoms with Crippen molar-refractivity contribution in [2.75, 3.05) is 12.4 Å². The molecule has 1 atom stereocenters. The van der Waals surface area contributed by atoms with Crippen molar-refractivity contribution in [1.82, 2.24) is 0 Å². The minimum atomic E-state index is -0.690. The maximum absolute atomic E-state index is 13.9. The van der Waals surface area contributed by atoms with E-state index in [0.717, 1.165) is 6.42 Å². The van der Waals surface area contributed by atoms with E-state index >= 15 is 0 Å². The first-order valence-electron chi connectivity index (χ1n) is 5.89. The largest absolute Gasteiger partial charge is 0.493 e. The molecule has 5 heteroatoms. The lowest BCUT2D eigenvalue weighted by molar-refractivity contribution is -0.114. The fourth-order valence-electron chi connectivity index (χ4n) is 2.46. The van der Waals surface area contributed by atoms with Crippen molar-refractivity contribution in [3.8, 4) is 5.75 Å². The van der Waals surface area contributed by atoms with Gasteiger partial charge in [-0.3, -0.25) is 4.79 Å². The molecule has 1 aliphatic rings. The van der Waals surface area contributed by atoms with Gasteiger partial charge < -0.3 is 15.2 Å². The first-order chi connectivity index (χ1) is 8.54. The van der Waals surface area contributed by atoms with Gasteiger partial charge in [-0.2, -0.15) is 0 Å². The number of fused-ring (bicyclic) bond motifs is 1. The third-order valence-electron chi connectivity index (χ3n) is 3.13. The normalized spacial score (nSPS) is 18.1. The lowest BCUT2D eigenvalue weighted by Crippen LogP contribution is -2.17. The van der Waals surface area contributed by atoms with E-state index in [9.17, 15) is 14.3 Å². The van der Waals surface area contributed by atoms with Crippen LogP contribution in [0.5, 0.6) is 5.75 Å². The zero-order valence-electron chi connectivity index (χ0n) is 10.4. The number of halogens is 1. The van der Waals surface area contributed by atoms with Gasteiger partial charge in [-0.25, -0.2) is 4.39 Å². The molecule has 1 aromatic rings. The van der Waals surface area contributed by atoms with E-state index in [0.29, 0.717) is 29.7 Å². The maximum Gasteiger partial charge on any atom is 0.221 e. The summed E-state index contributed by atoms with van der Waals surface area (Å²) in [4.78, 5) is 11.1. The van der Waals surface area contributed by atoms with Crippen LogP contribution in [0.2, 0.25) is 0 Å². The number of nitrogens with one attached hydrogen (secondary N) is 1. The second-order valence-electron chi connectivity index (χ2n) is 4.42. The summed E-state index contributed by atoms with van der Waals surface area (Å²) < 4.78 is 18.9. The number of amides is 1. The van der Waals surface area contributed by atoms with Crippen LogP contribution in [0.25, 0.3) is 0 Å². The second kappa shape index (κ2) is 4.94. The molecule has 0 spiro atoms. The van der Waals surface area contributed by atoms with E-state index in [-0.39, 0.29) is 11.7 Å². The molecule has 1 aromatic carbocycles. The predicted molar refractivity (Wildman–Crippen MR) is 65.2 cm³/mol. The molecule has 0 fully saturated rings. The number of hydrogen-bond donors (Lipinski definition) is 2. The van der Waals surface area contributed by atoms with Gasteiger partial charge in [-0.1, -0.05) is 0 Å². The van der Waals surface area contributed by atoms with Gasteiger partial charge in [0.15, 0.2) is 11.6 Å². The Morgan fingerprint density at radius 2 is 2.33 bits per heavy atom. The quantitative estimate of drug-likeness (QED) is 0.849. The number of carbonyl (C=O) groups excluding carboxylic acids is 1. The topological polar surface area (TPSA) is 58.6 Å². The molecule has 0 saturated heterocycles. The second-order valence-corrected chi connectivity index (χ2v) is 4.42. The summed E-state index contributed by atoms with van der Waals surface area (Å²) in [5.41, 5.74) is 1.57. The highest BCUT2D eigenvalue weighted by molar-refractivity contribution is 5.90. The van der Waals surface area contributed by atoms with Crippen molar-refractivity contribution in [3.05, 3.63) is 23.0 Å². The Balaban J connectivity index is 2.61. The van der Waals surface area contributed by atoms with E-state index in [4.69, 9.17) is 4.74 Å². The summed E-state index contributed by atoms with van der Waals surface area (Å²) in [6, 6.07) is 1.20. The molecule has 0 bridgehead atoms. The monoisotopic (exact) mass is 253 g/mol. The lowest BCUT2D eigenvalue weighted by atomic mass is 9.87. The number of anilines is 1. The molecule has 2 rings (SSSR count). The van der Waals surface area contributed by atoms with Crippen LogP contribution >= 0.6 is 0 Å². The number of aliphatic hydroxyl groups excluding tert-OH is 1. The predicted octanol–water partition coefficient (Wildman–Crippen LogP) is 2.16. The van der Waals surface area contributed by atoms with Crippen LogP contribution in [0.1, 0.15) is 37.0 Å². The number of benzene rings is 1. The van der Waals surface area contributed by atoms with Crippen LogP contribution in [0.3, 0.4) is 0 Å². The summed E-state index contributed by atoms with van der Waals surface area (Å²) in [5.74, 6) is -0.647. The van der Waals surface area contributed by atoms with E-state index in [1.165, 1.54) is 20.1 Å². The van der Waals surface area contributed by atoms with Crippen molar-refractivity contribution >= 4 is 11.6 Å². The molecule has 1 amide bonds. The molecule has 1 unspecified atom stereocenters. The number of carbonyl (C=O) groups is 1. The van der Waals surface area contributed by atoms with Gasteiger partial charge >= 0.3 is 0 Å². The van der Waals surface area contributed by atoms with Crippen LogP contribution in [-0.4, -0.2) is 18.1 Å². The minimum absolute atomic E-state index is 0.165. The molecule has 0 aliphatic heterocycles. The van der Waals surface area contributed by atoms with Crippen molar-refractivity contribution in [2.45, 2.75) is 32.3 Å². The molecule has 0 saturated carbocycles. The van der Waals surface area contributed by atoms with Gasteiger partial charge in [0.2, 0.25) is 5.91 Å². The van der Waals surface area contributed by atoms with Crippen LogP contribution in [-0.2, 0) is 11.2 Å². The zero-order chi connectivity index (χ0) is 13.3. The van der Waals surface area contributed by atoms with Gasteiger partial charge in [-0.15, -0.1) is 0 Å². The molecule has 1 aliphatic carbocycles. The number of methoxy groups -OCH3 is 1. The zero-order valence-corrected chi connectivity index (χ0v) is 10.4. The van der Waals surface area contributed by atoms with Crippen molar-refractivity contribution in [2.24, 2.45) is 0 Å². The van der Waals surface area contributed by atoms with E-state index in [1.54, 1.807) is 0 Å². The van der Waals surface area contributed by atoms with Crippen LogP contribution in [0.15, 0.2) is 6.07 Å². The average Bonchev–Trinajstić information content (AvgIpc) is 2.28. The Morgan fingerprint density at radius 1 is 1.61 bits per heavy atom. The number of aliphatic hydroxyl groups is 1. The molecular formula is C13H16FNO3. The van der Waals surface area contributed by atoms with Crippen LogP contribution < -0.4 is 10.1 Å². The van der Waals surface area contributed by atoms with Crippen molar-refractivity contribution in [3.63, 3.8) is 0 Å². The van der Waals surface area contributed by atoms with E-state index in [2.05, 4.69) is 5.32 Å². The van der Waals surface area contributed by atoms with Gasteiger partial charge in [-0.05, 0) is 19.3 Å². The Bertz CT molecular complexity index is 488. The van der Waals surface area contributed by atoms with Gasteiger partial charge in [0.1, 0.15) is 0 Å².